The molecule has 0 heterocycles. The van der Waals surface area contributed by atoms with Crippen LogP contribution in [0.4, 0.5) is 5.69 Å². The highest BCUT2D eigenvalue weighted by atomic mass is 16.5. The van der Waals surface area contributed by atoms with Crippen LogP contribution in [0, 0.1) is 32.1 Å². The largest absolute Gasteiger partial charge is 0.390 e. The maximum Gasteiger partial charge on any atom is 0.267 e. The van der Waals surface area contributed by atoms with Crippen LogP contribution in [0.15, 0.2) is 23.9 Å². The Labute approximate surface area is 132 Å². The van der Waals surface area contributed by atoms with Crippen molar-refractivity contribution in [2.24, 2.45) is 0 Å². The van der Waals surface area contributed by atoms with E-state index in [-0.39, 0.29) is 5.57 Å². The van der Waals surface area contributed by atoms with Gasteiger partial charge in [0.2, 0.25) is 0 Å². The lowest BCUT2D eigenvalue weighted by Gasteiger charge is -2.12. The molecule has 0 aliphatic heterocycles. The Kier molecular flexibility index (Phi) is 7.14. The van der Waals surface area contributed by atoms with Gasteiger partial charge in [-0.3, -0.25) is 4.79 Å². The van der Waals surface area contributed by atoms with Gasteiger partial charge in [0.25, 0.3) is 5.91 Å². The Morgan fingerprint density at radius 3 is 2.50 bits per heavy atom. The molecule has 118 valence electrons. The fourth-order valence-corrected chi connectivity index (χ4v) is 2.20. The van der Waals surface area contributed by atoms with E-state index in [2.05, 4.69) is 10.6 Å². The molecule has 1 aromatic carbocycles. The second-order valence-corrected chi connectivity index (χ2v) is 5.20. The van der Waals surface area contributed by atoms with Gasteiger partial charge in [-0.1, -0.05) is 17.7 Å². The zero-order chi connectivity index (χ0) is 16.5. The molecule has 0 saturated carbocycles. The molecule has 5 nitrogen and oxygen atoms in total. The molecule has 0 aromatic heterocycles. The molecule has 22 heavy (non-hydrogen) atoms. The predicted molar refractivity (Wildman–Crippen MR) is 87.5 cm³/mol. The molecule has 0 spiro atoms. The molecular weight excluding hydrogens is 278 g/mol. The minimum absolute atomic E-state index is 0.0526. The van der Waals surface area contributed by atoms with Crippen molar-refractivity contribution in [2.75, 3.05) is 25.6 Å². The van der Waals surface area contributed by atoms with E-state index in [1.54, 1.807) is 7.11 Å². The monoisotopic (exact) mass is 301 g/mol. The van der Waals surface area contributed by atoms with E-state index >= 15 is 0 Å². The van der Waals surface area contributed by atoms with Crippen molar-refractivity contribution in [3.63, 3.8) is 0 Å². The minimum atomic E-state index is -0.406. The Balaban J connectivity index is 2.74. The van der Waals surface area contributed by atoms with Crippen LogP contribution >= 0.6 is 0 Å². The molecule has 2 N–H and O–H groups in total. The van der Waals surface area contributed by atoms with Gasteiger partial charge in [0.1, 0.15) is 11.6 Å². The topological polar surface area (TPSA) is 74.1 Å². The SMILES string of the molecule is COCCCN/C=C(/C#N)C(=O)Nc1c(C)cc(C)cc1C. The molecule has 0 unspecified atom stereocenters. The first-order valence-corrected chi connectivity index (χ1v) is 7.21. The quantitative estimate of drug-likeness (QED) is 0.461. The number of amides is 1. The van der Waals surface area contributed by atoms with Gasteiger partial charge in [-0.25, -0.2) is 0 Å². The molecule has 0 bridgehead atoms. The summed E-state index contributed by atoms with van der Waals surface area (Å²) in [6.07, 6.45) is 2.26. The third-order valence-corrected chi connectivity index (χ3v) is 3.20. The summed E-state index contributed by atoms with van der Waals surface area (Å²) in [5, 5.41) is 14.9. The van der Waals surface area contributed by atoms with Crippen molar-refractivity contribution < 1.29 is 9.53 Å². The maximum absolute atomic E-state index is 12.2. The lowest BCUT2D eigenvalue weighted by atomic mass is 10.0. The average molecular weight is 301 g/mol. The first-order chi connectivity index (χ1) is 10.5. The van der Waals surface area contributed by atoms with Gasteiger partial charge >= 0.3 is 0 Å². The molecule has 0 atom stereocenters. The number of nitriles is 1. The molecule has 0 radical (unpaired) electrons. The van der Waals surface area contributed by atoms with Gasteiger partial charge in [0, 0.05) is 32.1 Å². The molecule has 0 aliphatic rings. The molecule has 1 aromatic rings. The van der Waals surface area contributed by atoms with E-state index < -0.39 is 5.91 Å². The molecule has 0 aliphatic carbocycles. The van der Waals surface area contributed by atoms with Gasteiger partial charge in [0.15, 0.2) is 0 Å². The lowest BCUT2D eigenvalue weighted by molar-refractivity contribution is -0.112. The third kappa shape index (κ3) is 5.23. The summed E-state index contributed by atoms with van der Waals surface area (Å²) >= 11 is 0. The van der Waals surface area contributed by atoms with Gasteiger partial charge < -0.3 is 15.4 Å². The lowest BCUT2D eigenvalue weighted by Crippen LogP contribution is -2.18. The Morgan fingerprint density at radius 2 is 1.95 bits per heavy atom. The second kappa shape index (κ2) is 8.85. The smallest absolute Gasteiger partial charge is 0.267 e. The Bertz CT molecular complexity index is 577. The summed E-state index contributed by atoms with van der Waals surface area (Å²) in [6, 6.07) is 5.92. The summed E-state index contributed by atoms with van der Waals surface area (Å²) in [6.45, 7) is 7.17. The van der Waals surface area contributed by atoms with Crippen LogP contribution in [0.25, 0.3) is 0 Å². The highest BCUT2D eigenvalue weighted by Crippen LogP contribution is 2.22. The predicted octanol–water partition coefficient (Wildman–Crippen LogP) is 2.58. The number of anilines is 1. The zero-order valence-electron chi connectivity index (χ0n) is 13.6. The Hall–Kier alpha value is -2.32. The van der Waals surface area contributed by atoms with Crippen LogP contribution < -0.4 is 10.6 Å². The van der Waals surface area contributed by atoms with Gasteiger partial charge in [-0.05, 0) is 38.3 Å². The number of methoxy groups -OCH3 is 1. The molecular formula is C17H23N3O2. The van der Waals surface area contributed by atoms with Crippen LogP contribution in [0.5, 0.6) is 0 Å². The van der Waals surface area contributed by atoms with Crippen LogP contribution in [0.2, 0.25) is 0 Å². The van der Waals surface area contributed by atoms with Crippen LogP contribution in [-0.2, 0) is 9.53 Å². The fraction of sp³-hybridized carbons (Fsp3) is 0.412. The summed E-state index contributed by atoms with van der Waals surface area (Å²) < 4.78 is 4.93. The summed E-state index contributed by atoms with van der Waals surface area (Å²) in [7, 11) is 1.64. The zero-order valence-corrected chi connectivity index (χ0v) is 13.6. The highest BCUT2D eigenvalue weighted by molar-refractivity contribution is 6.07. The van der Waals surface area contributed by atoms with Gasteiger partial charge in [-0.15, -0.1) is 0 Å². The highest BCUT2D eigenvalue weighted by Gasteiger charge is 2.12. The first kappa shape index (κ1) is 17.7. The standard InChI is InChI=1S/C17H23N3O2/c1-12-8-13(2)16(14(3)9-12)20-17(21)15(10-18)11-19-6-5-7-22-4/h8-9,11,19H,5-7H2,1-4H3,(H,20,21)/b15-11-. The van der Waals surface area contributed by atoms with Crippen LogP contribution in [0.3, 0.4) is 0 Å². The Morgan fingerprint density at radius 1 is 1.32 bits per heavy atom. The maximum atomic E-state index is 12.2. The van der Waals surface area contributed by atoms with E-state index in [1.807, 2.05) is 39.0 Å². The van der Waals surface area contributed by atoms with E-state index in [9.17, 15) is 4.79 Å². The molecule has 1 amide bonds. The minimum Gasteiger partial charge on any atom is -0.390 e. The van der Waals surface area contributed by atoms with E-state index in [0.717, 1.165) is 28.8 Å². The molecule has 5 heteroatoms. The van der Waals surface area contributed by atoms with E-state index in [1.165, 1.54) is 6.20 Å². The number of carbonyl (C=O) groups excluding carboxylic acids is 1. The number of nitrogens with one attached hydrogen (secondary N) is 2. The number of rotatable bonds is 7. The van der Waals surface area contributed by atoms with Crippen molar-refractivity contribution in [1.29, 1.82) is 5.26 Å². The normalized spacial score (nSPS) is 11.0. The van der Waals surface area contributed by atoms with Crippen molar-refractivity contribution in [2.45, 2.75) is 27.2 Å². The number of ether oxygens (including phenoxy) is 1. The number of hydrogen-bond acceptors (Lipinski definition) is 4. The summed E-state index contributed by atoms with van der Waals surface area (Å²) in [5.74, 6) is -0.406. The number of benzene rings is 1. The van der Waals surface area contributed by atoms with Crippen LogP contribution in [0.1, 0.15) is 23.1 Å². The number of nitrogens with zero attached hydrogens (tertiary/aromatic N) is 1. The summed E-state index contributed by atoms with van der Waals surface area (Å²) in [4.78, 5) is 12.2. The number of carbonyl (C=O) groups is 1. The van der Waals surface area contributed by atoms with Crippen molar-refractivity contribution >= 4 is 11.6 Å². The van der Waals surface area contributed by atoms with Gasteiger partial charge in [0.05, 0.1) is 0 Å². The number of hydrogen-bond donors (Lipinski definition) is 2. The van der Waals surface area contributed by atoms with Crippen LogP contribution in [-0.4, -0.2) is 26.2 Å². The third-order valence-electron chi connectivity index (χ3n) is 3.20. The second-order valence-electron chi connectivity index (χ2n) is 5.20. The number of aryl methyl sites for hydroxylation is 3. The van der Waals surface area contributed by atoms with Crippen molar-refractivity contribution in [3.05, 3.63) is 40.6 Å². The van der Waals surface area contributed by atoms with Crippen molar-refractivity contribution in [1.82, 2.24) is 5.32 Å². The molecule has 1 rings (SSSR count). The van der Waals surface area contributed by atoms with E-state index in [4.69, 9.17) is 10.00 Å². The summed E-state index contributed by atoms with van der Waals surface area (Å²) in [5.41, 5.74) is 3.92. The fourth-order valence-electron chi connectivity index (χ4n) is 2.20. The van der Waals surface area contributed by atoms with Crippen molar-refractivity contribution in [3.8, 4) is 6.07 Å². The first-order valence-electron chi connectivity index (χ1n) is 7.21. The molecule has 0 fully saturated rings. The average Bonchev–Trinajstić information content (AvgIpc) is 2.46. The van der Waals surface area contributed by atoms with Gasteiger partial charge in [-0.2, -0.15) is 5.26 Å². The van der Waals surface area contributed by atoms with E-state index in [0.29, 0.717) is 13.2 Å². The molecule has 0 saturated heterocycles.